The Hall–Kier alpha value is -0.410. The zero-order valence-corrected chi connectivity index (χ0v) is 13.1. The first-order valence-electron chi connectivity index (χ1n) is 8.91. The van der Waals surface area contributed by atoms with E-state index in [1.807, 2.05) is 0 Å². The van der Waals surface area contributed by atoms with Gasteiger partial charge in [0, 0.05) is 0 Å². The smallest absolute Gasteiger partial charge is 0.150 e. The molecule has 0 aromatic rings. The summed E-state index contributed by atoms with van der Waals surface area (Å²) in [6.07, 6.45) is 8.88. The minimum Gasteiger partial charge on any atom is -0.374 e. The number of fused-ring (bicyclic) bond motifs is 6. The zero-order valence-electron chi connectivity index (χ0n) is 13.1. The van der Waals surface area contributed by atoms with Crippen molar-refractivity contribution in [2.75, 3.05) is 0 Å². The lowest BCUT2D eigenvalue weighted by atomic mass is 9.56. The van der Waals surface area contributed by atoms with Gasteiger partial charge in [-0.2, -0.15) is 0 Å². The molecule has 2 saturated heterocycles. The van der Waals surface area contributed by atoms with Crippen molar-refractivity contribution in [1.29, 1.82) is 0 Å². The Balaban J connectivity index is 1.50. The van der Waals surface area contributed by atoms with E-state index in [1.54, 1.807) is 0 Å². The molecule has 2 aliphatic heterocycles. The Bertz CT molecular complexity index is 457. The van der Waals surface area contributed by atoms with Crippen molar-refractivity contribution < 1.29 is 14.3 Å². The first-order chi connectivity index (χ1) is 10.1. The lowest BCUT2D eigenvalue weighted by Crippen LogP contribution is -2.57. The fourth-order valence-electron chi connectivity index (χ4n) is 6.64. The molecule has 0 radical (unpaired) electrons. The molecule has 8 atom stereocenters. The largest absolute Gasteiger partial charge is 0.374 e. The quantitative estimate of drug-likeness (QED) is 0.687. The van der Waals surface area contributed by atoms with Crippen molar-refractivity contribution in [2.45, 2.75) is 83.2 Å². The van der Waals surface area contributed by atoms with Crippen LogP contribution in [-0.4, -0.2) is 30.2 Å². The van der Waals surface area contributed by atoms with Gasteiger partial charge >= 0.3 is 0 Å². The Kier molecular flexibility index (Phi) is 2.44. The Labute approximate surface area is 126 Å². The lowest BCUT2D eigenvalue weighted by molar-refractivity contribution is -0.176. The van der Waals surface area contributed by atoms with Crippen LogP contribution in [0.1, 0.15) is 58.8 Å². The van der Waals surface area contributed by atoms with Gasteiger partial charge in [-0.25, -0.2) is 0 Å². The van der Waals surface area contributed by atoms with E-state index in [9.17, 15) is 4.79 Å². The standard InChI is InChI=1S/C18H26O3/c1-10-12-6-14(20-10)17(8-12)4-3-5-18(16(17)19)9-13-7-15(18)21-11(13)2/h10-15H,3-9H2,1-2H3. The third kappa shape index (κ3) is 1.41. The van der Waals surface area contributed by atoms with Crippen molar-refractivity contribution in [3.63, 3.8) is 0 Å². The molecule has 4 bridgehead atoms. The maximum absolute atomic E-state index is 13.6. The van der Waals surface area contributed by atoms with Gasteiger partial charge in [0.25, 0.3) is 0 Å². The van der Waals surface area contributed by atoms with Crippen LogP contribution in [0.25, 0.3) is 0 Å². The number of carbonyl (C=O) groups is 1. The minimum absolute atomic E-state index is 0.146. The van der Waals surface area contributed by atoms with E-state index in [2.05, 4.69) is 13.8 Å². The van der Waals surface area contributed by atoms with E-state index in [4.69, 9.17) is 9.47 Å². The van der Waals surface area contributed by atoms with E-state index in [0.717, 1.165) is 38.5 Å². The highest BCUT2D eigenvalue weighted by Gasteiger charge is 2.69. The maximum Gasteiger partial charge on any atom is 0.150 e. The van der Waals surface area contributed by atoms with Gasteiger partial charge in [-0.3, -0.25) is 4.79 Å². The summed E-state index contributed by atoms with van der Waals surface area (Å²) in [4.78, 5) is 13.6. The fourth-order valence-corrected chi connectivity index (χ4v) is 6.64. The molecule has 8 unspecified atom stereocenters. The molecule has 0 amide bonds. The van der Waals surface area contributed by atoms with Crippen molar-refractivity contribution >= 4 is 5.78 Å². The molecular weight excluding hydrogens is 264 g/mol. The van der Waals surface area contributed by atoms with Crippen LogP contribution in [0.5, 0.6) is 0 Å². The van der Waals surface area contributed by atoms with Gasteiger partial charge in [-0.1, -0.05) is 6.42 Å². The molecule has 3 nitrogen and oxygen atoms in total. The predicted molar refractivity (Wildman–Crippen MR) is 77.8 cm³/mol. The number of rotatable bonds is 0. The maximum atomic E-state index is 13.6. The highest BCUT2D eigenvalue weighted by atomic mass is 16.5. The zero-order chi connectivity index (χ0) is 14.4. The van der Waals surface area contributed by atoms with Crippen LogP contribution in [0.15, 0.2) is 0 Å². The van der Waals surface area contributed by atoms with Gasteiger partial charge < -0.3 is 9.47 Å². The van der Waals surface area contributed by atoms with Gasteiger partial charge in [-0.15, -0.1) is 0 Å². The number of Topliss-reactive ketones (excluding diaryl/α,β-unsaturated/α-hetero) is 1. The highest BCUT2D eigenvalue weighted by Crippen LogP contribution is 2.65. The molecule has 2 heterocycles. The van der Waals surface area contributed by atoms with Gasteiger partial charge in [0.15, 0.2) is 0 Å². The molecule has 5 fully saturated rings. The summed E-state index contributed by atoms with van der Waals surface area (Å²) >= 11 is 0. The van der Waals surface area contributed by atoms with Gasteiger partial charge in [0.2, 0.25) is 0 Å². The predicted octanol–water partition coefficient (Wildman–Crippen LogP) is 3.11. The summed E-state index contributed by atoms with van der Waals surface area (Å²) in [5.74, 6) is 1.78. The summed E-state index contributed by atoms with van der Waals surface area (Å²) in [6, 6.07) is 0. The molecule has 0 aromatic heterocycles. The van der Waals surface area contributed by atoms with E-state index >= 15 is 0 Å². The summed E-state index contributed by atoms with van der Waals surface area (Å²) in [6.45, 7) is 4.37. The summed E-state index contributed by atoms with van der Waals surface area (Å²) in [5.41, 5.74) is -0.293. The monoisotopic (exact) mass is 290 g/mol. The molecule has 0 N–H and O–H groups in total. The first kappa shape index (κ1) is 13.1. The third-order valence-corrected chi connectivity index (χ3v) is 7.75. The second-order valence-corrected chi connectivity index (χ2v) is 8.55. The molecule has 0 aromatic carbocycles. The topological polar surface area (TPSA) is 35.5 Å². The number of ketones is 1. The number of carbonyl (C=O) groups excluding carboxylic acids is 1. The van der Waals surface area contributed by atoms with Crippen LogP contribution in [0.3, 0.4) is 0 Å². The van der Waals surface area contributed by atoms with E-state index in [-0.39, 0.29) is 23.0 Å². The SMILES string of the molecule is CC1OC2CC1CC21CCCC2(CC3CC2OC3C)C1=O. The van der Waals surface area contributed by atoms with E-state index < -0.39 is 0 Å². The van der Waals surface area contributed by atoms with Gasteiger partial charge in [-0.05, 0) is 64.2 Å². The normalized spacial score (nSPS) is 61.5. The van der Waals surface area contributed by atoms with Crippen molar-refractivity contribution in [3.8, 4) is 0 Å². The molecule has 3 heteroatoms. The average molecular weight is 290 g/mol. The molecule has 2 spiro atoms. The Morgan fingerprint density at radius 2 is 1.38 bits per heavy atom. The van der Waals surface area contributed by atoms with Gasteiger partial charge in [0.1, 0.15) is 5.78 Å². The average Bonchev–Trinajstić information content (AvgIpc) is 3.16. The van der Waals surface area contributed by atoms with Crippen LogP contribution in [0.4, 0.5) is 0 Å². The van der Waals surface area contributed by atoms with Crippen molar-refractivity contribution in [3.05, 3.63) is 0 Å². The van der Waals surface area contributed by atoms with Crippen molar-refractivity contribution in [2.24, 2.45) is 22.7 Å². The molecule has 5 aliphatic rings. The fraction of sp³-hybridized carbons (Fsp3) is 0.944. The van der Waals surface area contributed by atoms with Crippen LogP contribution in [0, 0.1) is 22.7 Å². The van der Waals surface area contributed by atoms with Crippen molar-refractivity contribution in [1.82, 2.24) is 0 Å². The number of ether oxygens (including phenoxy) is 2. The van der Waals surface area contributed by atoms with Crippen LogP contribution >= 0.6 is 0 Å². The lowest BCUT2D eigenvalue weighted by Gasteiger charge is -2.51. The summed E-state index contributed by atoms with van der Waals surface area (Å²) in [7, 11) is 0. The molecule has 21 heavy (non-hydrogen) atoms. The Morgan fingerprint density at radius 1 is 0.905 bits per heavy atom. The Morgan fingerprint density at radius 3 is 1.71 bits per heavy atom. The number of hydrogen-bond donors (Lipinski definition) is 0. The van der Waals surface area contributed by atoms with E-state index in [1.165, 1.54) is 6.42 Å². The second-order valence-electron chi connectivity index (χ2n) is 8.55. The van der Waals surface area contributed by atoms with Crippen LogP contribution in [0.2, 0.25) is 0 Å². The molecular formula is C18H26O3. The van der Waals surface area contributed by atoms with Crippen LogP contribution < -0.4 is 0 Å². The van der Waals surface area contributed by atoms with E-state index in [0.29, 0.717) is 29.8 Å². The minimum atomic E-state index is -0.146. The molecule has 3 saturated carbocycles. The third-order valence-electron chi connectivity index (χ3n) is 7.75. The van der Waals surface area contributed by atoms with Crippen LogP contribution in [-0.2, 0) is 14.3 Å². The number of hydrogen-bond acceptors (Lipinski definition) is 3. The molecule has 116 valence electrons. The molecule has 3 aliphatic carbocycles. The summed E-state index contributed by atoms with van der Waals surface area (Å²) < 4.78 is 12.3. The second kappa shape index (κ2) is 3.91. The summed E-state index contributed by atoms with van der Waals surface area (Å²) in [5, 5.41) is 0. The van der Waals surface area contributed by atoms with Gasteiger partial charge in [0.05, 0.1) is 35.2 Å². The highest BCUT2D eigenvalue weighted by molar-refractivity contribution is 5.93. The first-order valence-corrected chi connectivity index (χ1v) is 8.91. The molecule has 5 rings (SSSR count).